The van der Waals surface area contributed by atoms with E-state index < -0.39 is 0 Å². The first-order chi connectivity index (χ1) is 10.1. The number of rotatable bonds is 6. The Hall–Kier alpha value is -0.280. The van der Waals surface area contributed by atoms with Crippen LogP contribution >= 0.6 is 23.2 Å². The summed E-state index contributed by atoms with van der Waals surface area (Å²) in [7, 11) is 1.74. The van der Waals surface area contributed by atoms with Crippen molar-refractivity contribution < 1.29 is 4.74 Å². The van der Waals surface area contributed by atoms with Gasteiger partial charge in [-0.3, -0.25) is 0 Å². The molecule has 116 valence electrons. The molecule has 2 aliphatic rings. The maximum Gasteiger partial charge on any atom is 0.0595 e. The van der Waals surface area contributed by atoms with Crippen LogP contribution in [-0.2, 0) is 10.2 Å². The summed E-state index contributed by atoms with van der Waals surface area (Å²) >= 11 is 12.3. The van der Waals surface area contributed by atoms with Crippen LogP contribution in [0.4, 0.5) is 0 Å². The highest BCUT2D eigenvalue weighted by Gasteiger charge is 2.57. The zero-order chi connectivity index (χ0) is 14.9. The molecular formula is C17H23Cl2NO. The van der Waals surface area contributed by atoms with Crippen molar-refractivity contribution in [1.29, 1.82) is 0 Å². The summed E-state index contributed by atoms with van der Waals surface area (Å²) in [5, 5.41) is 4.85. The van der Waals surface area contributed by atoms with Gasteiger partial charge in [0.25, 0.3) is 0 Å². The highest BCUT2D eigenvalue weighted by Crippen LogP contribution is 2.64. The standard InChI is InChI=1S/C17H23Cl2NO/c1-21-8-7-20-12-17(10-16(11-17)5-2-6-16)13-3-4-14(18)15(19)9-13/h3-4,9,20H,2,5-8,10-12H2,1H3. The van der Waals surface area contributed by atoms with Crippen molar-refractivity contribution in [2.45, 2.75) is 37.5 Å². The summed E-state index contributed by atoms with van der Waals surface area (Å²) in [4.78, 5) is 0. The molecule has 2 nitrogen and oxygen atoms in total. The molecule has 0 heterocycles. The van der Waals surface area contributed by atoms with Crippen molar-refractivity contribution >= 4 is 23.2 Å². The molecule has 2 fully saturated rings. The van der Waals surface area contributed by atoms with Crippen LogP contribution in [0.5, 0.6) is 0 Å². The van der Waals surface area contributed by atoms with Crippen molar-refractivity contribution in [2.75, 3.05) is 26.8 Å². The average molecular weight is 328 g/mol. The topological polar surface area (TPSA) is 21.3 Å². The second kappa shape index (κ2) is 6.08. The van der Waals surface area contributed by atoms with Gasteiger partial charge in [0.15, 0.2) is 0 Å². The van der Waals surface area contributed by atoms with E-state index in [4.69, 9.17) is 27.9 Å². The first-order valence-electron chi connectivity index (χ1n) is 7.74. The number of ether oxygens (including phenoxy) is 1. The van der Waals surface area contributed by atoms with E-state index in [1.165, 1.54) is 37.7 Å². The van der Waals surface area contributed by atoms with Gasteiger partial charge in [-0.15, -0.1) is 0 Å². The fraction of sp³-hybridized carbons (Fsp3) is 0.647. The Balaban J connectivity index is 1.74. The van der Waals surface area contributed by atoms with E-state index in [0.717, 1.165) is 19.7 Å². The lowest BCUT2D eigenvalue weighted by molar-refractivity contribution is -0.0485. The van der Waals surface area contributed by atoms with Gasteiger partial charge in [0.05, 0.1) is 16.7 Å². The maximum atomic E-state index is 6.23. The molecule has 0 radical (unpaired) electrons. The summed E-state index contributed by atoms with van der Waals surface area (Å²) in [6.45, 7) is 2.64. The molecule has 0 atom stereocenters. The summed E-state index contributed by atoms with van der Waals surface area (Å²) < 4.78 is 5.12. The normalized spacial score (nSPS) is 21.9. The minimum Gasteiger partial charge on any atom is -0.383 e. The Morgan fingerprint density at radius 1 is 1.19 bits per heavy atom. The smallest absolute Gasteiger partial charge is 0.0595 e. The van der Waals surface area contributed by atoms with Crippen LogP contribution in [-0.4, -0.2) is 26.8 Å². The second-order valence-electron chi connectivity index (χ2n) is 6.79. The maximum absolute atomic E-state index is 6.23. The molecule has 2 aliphatic carbocycles. The SMILES string of the molecule is COCCNCC1(c2ccc(Cl)c(Cl)c2)CC2(CCC2)C1. The molecule has 2 saturated carbocycles. The molecule has 21 heavy (non-hydrogen) atoms. The molecular weight excluding hydrogens is 305 g/mol. The molecule has 1 spiro atoms. The predicted molar refractivity (Wildman–Crippen MR) is 88.4 cm³/mol. The molecule has 0 aromatic heterocycles. The molecule has 0 saturated heterocycles. The lowest BCUT2D eigenvalue weighted by atomic mass is 9.43. The zero-order valence-electron chi connectivity index (χ0n) is 12.6. The Morgan fingerprint density at radius 2 is 1.95 bits per heavy atom. The monoisotopic (exact) mass is 327 g/mol. The van der Waals surface area contributed by atoms with E-state index >= 15 is 0 Å². The number of hydrogen-bond donors (Lipinski definition) is 1. The van der Waals surface area contributed by atoms with E-state index in [0.29, 0.717) is 15.5 Å². The summed E-state index contributed by atoms with van der Waals surface area (Å²) in [5.41, 5.74) is 2.18. The van der Waals surface area contributed by atoms with Gasteiger partial charge in [-0.25, -0.2) is 0 Å². The quantitative estimate of drug-likeness (QED) is 0.780. The van der Waals surface area contributed by atoms with E-state index in [1.54, 1.807) is 7.11 Å². The molecule has 1 N–H and O–H groups in total. The molecule has 0 unspecified atom stereocenters. The third-order valence-electron chi connectivity index (χ3n) is 5.32. The molecule has 4 heteroatoms. The summed E-state index contributed by atoms with van der Waals surface area (Å²) in [6.07, 6.45) is 6.74. The number of nitrogens with one attached hydrogen (secondary N) is 1. The van der Waals surface area contributed by atoms with Gasteiger partial charge in [0, 0.05) is 25.6 Å². The minimum atomic E-state index is 0.225. The van der Waals surface area contributed by atoms with Gasteiger partial charge in [-0.1, -0.05) is 35.7 Å². The Bertz CT molecular complexity index is 506. The predicted octanol–water partition coefficient (Wildman–Crippen LogP) is 4.43. The van der Waals surface area contributed by atoms with Crippen LogP contribution in [0, 0.1) is 5.41 Å². The van der Waals surface area contributed by atoms with E-state index in [2.05, 4.69) is 17.4 Å². The van der Waals surface area contributed by atoms with E-state index in [1.807, 2.05) is 6.07 Å². The largest absolute Gasteiger partial charge is 0.383 e. The number of halogens is 2. The lowest BCUT2D eigenvalue weighted by Gasteiger charge is -2.62. The van der Waals surface area contributed by atoms with Crippen molar-refractivity contribution in [3.63, 3.8) is 0 Å². The van der Waals surface area contributed by atoms with Crippen molar-refractivity contribution in [2.24, 2.45) is 5.41 Å². The second-order valence-corrected chi connectivity index (χ2v) is 7.60. The zero-order valence-corrected chi connectivity index (χ0v) is 14.1. The number of benzene rings is 1. The minimum absolute atomic E-state index is 0.225. The van der Waals surface area contributed by atoms with Gasteiger partial charge in [0.1, 0.15) is 0 Å². The van der Waals surface area contributed by atoms with Crippen LogP contribution in [0.2, 0.25) is 10.0 Å². The van der Waals surface area contributed by atoms with Gasteiger partial charge in [-0.2, -0.15) is 0 Å². The summed E-state index contributed by atoms with van der Waals surface area (Å²) in [6, 6.07) is 6.15. The molecule has 3 rings (SSSR count). The fourth-order valence-electron chi connectivity index (χ4n) is 4.17. The van der Waals surface area contributed by atoms with Crippen molar-refractivity contribution in [3.8, 4) is 0 Å². The Labute approximate surface area is 137 Å². The number of methoxy groups -OCH3 is 1. The van der Waals surface area contributed by atoms with Crippen LogP contribution in [0.25, 0.3) is 0 Å². The molecule has 0 aliphatic heterocycles. The average Bonchev–Trinajstić information content (AvgIpc) is 2.38. The van der Waals surface area contributed by atoms with Gasteiger partial charge in [-0.05, 0) is 48.8 Å². The first kappa shape index (κ1) is 15.6. The highest BCUT2D eigenvalue weighted by molar-refractivity contribution is 6.42. The van der Waals surface area contributed by atoms with Crippen LogP contribution in [0.1, 0.15) is 37.7 Å². The van der Waals surface area contributed by atoms with Gasteiger partial charge >= 0.3 is 0 Å². The Kier molecular flexibility index (Phi) is 4.52. The van der Waals surface area contributed by atoms with Crippen LogP contribution in [0.3, 0.4) is 0 Å². The first-order valence-corrected chi connectivity index (χ1v) is 8.50. The van der Waals surface area contributed by atoms with E-state index in [-0.39, 0.29) is 5.41 Å². The van der Waals surface area contributed by atoms with Gasteiger partial charge in [0.2, 0.25) is 0 Å². The van der Waals surface area contributed by atoms with Crippen LogP contribution < -0.4 is 5.32 Å². The number of hydrogen-bond acceptors (Lipinski definition) is 2. The lowest BCUT2D eigenvalue weighted by Crippen LogP contribution is -2.57. The molecule has 0 amide bonds. The molecule has 1 aromatic carbocycles. The highest BCUT2D eigenvalue weighted by atomic mass is 35.5. The molecule has 0 bridgehead atoms. The third kappa shape index (κ3) is 2.96. The summed E-state index contributed by atoms with van der Waals surface area (Å²) in [5.74, 6) is 0. The fourth-order valence-corrected chi connectivity index (χ4v) is 4.47. The van der Waals surface area contributed by atoms with Crippen LogP contribution in [0.15, 0.2) is 18.2 Å². The Morgan fingerprint density at radius 3 is 2.52 bits per heavy atom. The van der Waals surface area contributed by atoms with E-state index in [9.17, 15) is 0 Å². The third-order valence-corrected chi connectivity index (χ3v) is 6.06. The van der Waals surface area contributed by atoms with Crippen molar-refractivity contribution in [3.05, 3.63) is 33.8 Å². The molecule has 1 aromatic rings. The van der Waals surface area contributed by atoms with Crippen molar-refractivity contribution in [1.82, 2.24) is 5.32 Å². The van der Waals surface area contributed by atoms with Gasteiger partial charge < -0.3 is 10.1 Å².